The minimum absolute atomic E-state index is 0.224. The summed E-state index contributed by atoms with van der Waals surface area (Å²) in [4.78, 5) is 11.4. The number of fused-ring (bicyclic) bond motifs is 3. The van der Waals surface area contributed by atoms with Crippen LogP contribution >= 0.6 is 22.7 Å². The van der Waals surface area contributed by atoms with Crippen LogP contribution in [0.25, 0.3) is 21.0 Å². The van der Waals surface area contributed by atoms with Gasteiger partial charge in [0.15, 0.2) is 6.20 Å². The van der Waals surface area contributed by atoms with Gasteiger partial charge in [-0.2, -0.15) is 4.57 Å². The van der Waals surface area contributed by atoms with Crippen molar-refractivity contribution in [1.82, 2.24) is 0 Å². The van der Waals surface area contributed by atoms with Crippen molar-refractivity contribution in [3.05, 3.63) is 28.4 Å². The zero-order valence-electron chi connectivity index (χ0n) is 9.17. The Morgan fingerprint density at radius 3 is 3.12 bits per heavy atom. The fourth-order valence-electron chi connectivity index (χ4n) is 1.90. The summed E-state index contributed by atoms with van der Waals surface area (Å²) in [5.74, 6) is -0.224. The minimum atomic E-state index is -0.224. The molecule has 0 spiro atoms. The zero-order valence-corrected chi connectivity index (χ0v) is 10.8. The molecular formula is C12H10NO2S2+. The summed E-state index contributed by atoms with van der Waals surface area (Å²) >= 11 is 3.34. The molecule has 0 amide bonds. The van der Waals surface area contributed by atoms with E-state index in [9.17, 15) is 4.79 Å². The van der Waals surface area contributed by atoms with Gasteiger partial charge in [-0.05, 0) is 11.4 Å². The molecule has 17 heavy (non-hydrogen) atoms. The molecule has 3 rings (SSSR count). The van der Waals surface area contributed by atoms with Gasteiger partial charge in [-0.1, -0.05) is 0 Å². The number of carbonyl (C=O) groups is 1. The zero-order chi connectivity index (χ0) is 11.8. The average molecular weight is 264 g/mol. The van der Waals surface area contributed by atoms with E-state index in [1.165, 1.54) is 22.6 Å². The Kier molecular flexibility index (Phi) is 2.57. The Labute approximate surface area is 106 Å². The Hall–Kier alpha value is -1.46. The largest absolute Gasteiger partial charge is 0.464 e. The molecule has 0 fully saturated rings. The Bertz CT molecular complexity index is 699. The van der Waals surface area contributed by atoms with E-state index in [-0.39, 0.29) is 12.5 Å². The highest BCUT2D eigenvalue weighted by Crippen LogP contribution is 2.28. The second kappa shape index (κ2) is 4.09. The molecule has 5 heteroatoms. The molecule has 0 saturated heterocycles. The number of hydrogen-bond donors (Lipinski definition) is 0. The summed E-state index contributed by atoms with van der Waals surface area (Å²) in [5, 5.41) is 8.72. The maximum Gasteiger partial charge on any atom is 0.372 e. The molecule has 0 saturated carbocycles. The van der Waals surface area contributed by atoms with Crippen LogP contribution in [0.3, 0.4) is 0 Å². The second-order valence-electron chi connectivity index (χ2n) is 3.70. The molecule has 0 unspecified atom stereocenters. The number of esters is 1. The van der Waals surface area contributed by atoms with E-state index in [0.717, 1.165) is 5.52 Å². The molecular weight excluding hydrogens is 254 g/mol. The maximum absolute atomic E-state index is 11.4. The first-order valence-electron chi connectivity index (χ1n) is 5.12. The van der Waals surface area contributed by atoms with Gasteiger partial charge in [0.2, 0.25) is 12.1 Å². The molecule has 0 N–H and O–H groups in total. The van der Waals surface area contributed by atoms with Crippen LogP contribution in [-0.2, 0) is 16.1 Å². The third-order valence-corrected chi connectivity index (χ3v) is 4.32. The van der Waals surface area contributed by atoms with Gasteiger partial charge in [-0.25, -0.2) is 4.79 Å². The molecule has 3 aromatic heterocycles. The third-order valence-electron chi connectivity index (χ3n) is 2.74. The van der Waals surface area contributed by atoms with Crippen molar-refractivity contribution in [2.24, 2.45) is 0 Å². The first-order chi connectivity index (χ1) is 8.29. The molecule has 3 heterocycles. The Morgan fingerprint density at radius 1 is 1.41 bits per heavy atom. The normalized spacial score (nSPS) is 11.1. The monoisotopic (exact) mass is 264 g/mol. The van der Waals surface area contributed by atoms with E-state index in [0.29, 0.717) is 0 Å². The number of hydrogen-bond acceptors (Lipinski definition) is 4. The quantitative estimate of drug-likeness (QED) is 0.526. The topological polar surface area (TPSA) is 30.2 Å². The van der Waals surface area contributed by atoms with Crippen molar-refractivity contribution in [3.63, 3.8) is 0 Å². The van der Waals surface area contributed by atoms with Crippen molar-refractivity contribution >= 4 is 49.6 Å². The SMILES string of the molecule is COC(=O)C[n+]1cc2sccc2c2cscc21. The van der Waals surface area contributed by atoms with Crippen molar-refractivity contribution in [2.45, 2.75) is 6.54 Å². The van der Waals surface area contributed by atoms with Crippen LogP contribution in [0.2, 0.25) is 0 Å². The predicted octanol–water partition coefficient (Wildman–Crippen LogP) is 2.58. The predicted molar refractivity (Wildman–Crippen MR) is 69.4 cm³/mol. The first kappa shape index (κ1) is 10.7. The van der Waals surface area contributed by atoms with Crippen molar-refractivity contribution in [3.8, 4) is 0 Å². The van der Waals surface area contributed by atoms with Gasteiger partial charge in [0.1, 0.15) is 0 Å². The summed E-state index contributed by atoms with van der Waals surface area (Å²) < 4.78 is 7.87. The van der Waals surface area contributed by atoms with Gasteiger partial charge in [0.05, 0.1) is 22.6 Å². The van der Waals surface area contributed by atoms with Gasteiger partial charge in [0, 0.05) is 10.8 Å². The number of rotatable bonds is 2. The summed E-state index contributed by atoms with van der Waals surface area (Å²) in [6.45, 7) is 0.261. The van der Waals surface area contributed by atoms with E-state index >= 15 is 0 Å². The minimum Gasteiger partial charge on any atom is -0.464 e. The standard InChI is InChI=1S/C12H10NO2S2/c1-15-12(14)5-13-4-11-8(2-3-17-11)9-6-16-7-10(9)13/h2-4,6-7H,5H2,1H3/q+1. The molecule has 0 aliphatic heterocycles. The van der Waals surface area contributed by atoms with Crippen LogP contribution < -0.4 is 4.57 Å². The van der Waals surface area contributed by atoms with Crippen LogP contribution in [0.5, 0.6) is 0 Å². The van der Waals surface area contributed by atoms with Crippen molar-refractivity contribution in [2.75, 3.05) is 7.11 Å². The molecule has 86 valence electrons. The highest BCUT2D eigenvalue weighted by molar-refractivity contribution is 7.17. The van der Waals surface area contributed by atoms with E-state index < -0.39 is 0 Å². The van der Waals surface area contributed by atoms with E-state index in [1.807, 2.05) is 10.8 Å². The van der Waals surface area contributed by atoms with Crippen LogP contribution in [0, 0.1) is 0 Å². The molecule has 0 atom stereocenters. The van der Waals surface area contributed by atoms with E-state index in [1.54, 1.807) is 22.7 Å². The van der Waals surface area contributed by atoms with Gasteiger partial charge in [-0.15, -0.1) is 22.7 Å². The Balaban J connectivity index is 2.26. The van der Waals surface area contributed by atoms with Crippen LogP contribution in [0.15, 0.2) is 28.4 Å². The molecule has 3 nitrogen and oxygen atoms in total. The number of aromatic nitrogens is 1. The van der Waals surface area contributed by atoms with Gasteiger partial charge in [-0.3, -0.25) is 0 Å². The smallest absolute Gasteiger partial charge is 0.372 e. The lowest BCUT2D eigenvalue weighted by molar-refractivity contribution is -0.658. The molecule has 3 aromatic rings. The lowest BCUT2D eigenvalue weighted by atomic mass is 10.2. The lowest BCUT2D eigenvalue weighted by Crippen LogP contribution is -2.38. The number of thiophene rings is 2. The number of carbonyl (C=O) groups excluding carboxylic acids is 1. The summed E-state index contributed by atoms with van der Waals surface area (Å²) in [6.07, 6.45) is 2.02. The number of methoxy groups -OCH3 is 1. The number of nitrogens with zero attached hydrogens (tertiary/aromatic N) is 1. The number of pyridine rings is 1. The molecule has 0 aliphatic rings. The van der Waals surface area contributed by atoms with Crippen molar-refractivity contribution in [1.29, 1.82) is 0 Å². The van der Waals surface area contributed by atoms with E-state index in [4.69, 9.17) is 4.74 Å². The second-order valence-corrected chi connectivity index (χ2v) is 5.39. The van der Waals surface area contributed by atoms with Crippen LogP contribution in [0.1, 0.15) is 0 Å². The third kappa shape index (κ3) is 1.71. The lowest BCUT2D eigenvalue weighted by Gasteiger charge is -1.98. The molecule has 0 aromatic carbocycles. The van der Waals surface area contributed by atoms with Gasteiger partial charge < -0.3 is 4.74 Å². The fourth-order valence-corrected chi connectivity index (χ4v) is 3.59. The molecule has 0 radical (unpaired) electrons. The molecule has 0 aliphatic carbocycles. The van der Waals surface area contributed by atoms with Crippen LogP contribution in [-0.4, -0.2) is 13.1 Å². The highest BCUT2D eigenvalue weighted by Gasteiger charge is 2.18. The van der Waals surface area contributed by atoms with Crippen LogP contribution in [0.4, 0.5) is 0 Å². The summed E-state index contributed by atoms with van der Waals surface area (Å²) in [6, 6.07) is 2.12. The first-order valence-corrected chi connectivity index (χ1v) is 6.94. The maximum atomic E-state index is 11.4. The Morgan fingerprint density at radius 2 is 2.29 bits per heavy atom. The highest BCUT2D eigenvalue weighted by atomic mass is 32.1. The van der Waals surface area contributed by atoms with E-state index in [2.05, 4.69) is 22.2 Å². The molecule has 0 bridgehead atoms. The summed E-state index contributed by atoms with van der Waals surface area (Å²) in [7, 11) is 1.41. The number of ether oxygens (including phenoxy) is 1. The fraction of sp³-hybridized carbons (Fsp3) is 0.167. The van der Waals surface area contributed by atoms with Crippen molar-refractivity contribution < 1.29 is 14.1 Å². The van der Waals surface area contributed by atoms with Gasteiger partial charge in [0.25, 0.3) is 0 Å². The summed E-state index contributed by atoms with van der Waals surface area (Å²) in [5.41, 5.74) is 1.09. The van der Waals surface area contributed by atoms with Gasteiger partial charge >= 0.3 is 5.97 Å². The average Bonchev–Trinajstić information content (AvgIpc) is 2.95.